The van der Waals surface area contributed by atoms with Crippen LogP contribution in [0.3, 0.4) is 0 Å². The number of amides is 1. The fourth-order valence-electron chi connectivity index (χ4n) is 3.03. The highest BCUT2D eigenvalue weighted by Crippen LogP contribution is 2.17. The number of anilines is 1. The number of nitrogens with one attached hydrogen (secondary N) is 1. The van der Waals surface area contributed by atoms with Crippen LogP contribution in [0.4, 0.5) is 5.69 Å². The molecule has 1 aromatic carbocycles. The Labute approximate surface area is 152 Å². The Balaban J connectivity index is 1.65. The number of carbonyl (C=O) groups excluding carboxylic acids is 1. The molecule has 0 aliphatic heterocycles. The third-order valence-electron chi connectivity index (χ3n) is 4.42. The van der Waals surface area contributed by atoms with E-state index in [0.29, 0.717) is 5.69 Å². The molecule has 136 valence electrons. The van der Waals surface area contributed by atoms with Gasteiger partial charge in [-0.25, -0.2) is 9.78 Å². The molecule has 1 amide bonds. The van der Waals surface area contributed by atoms with E-state index in [9.17, 15) is 14.4 Å². The summed E-state index contributed by atoms with van der Waals surface area (Å²) >= 11 is 0. The van der Waals surface area contributed by atoms with E-state index < -0.39 is 11.2 Å². The molecule has 0 bridgehead atoms. The average Bonchev–Trinajstić information content (AvgIpc) is 3.08. The van der Waals surface area contributed by atoms with Gasteiger partial charge in [0, 0.05) is 31.4 Å². The summed E-state index contributed by atoms with van der Waals surface area (Å²) in [5.74, 6) is -0.312. The van der Waals surface area contributed by atoms with Crippen LogP contribution in [0.5, 0.6) is 0 Å². The Hall–Kier alpha value is -3.75. The van der Waals surface area contributed by atoms with Crippen LogP contribution in [-0.2, 0) is 25.4 Å². The number of rotatable bonds is 3. The molecule has 9 nitrogen and oxygen atoms in total. The zero-order chi connectivity index (χ0) is 19.1. The van der Waals surface area contributed by atoms with Crippen LogP contribution < -0.4 is 16.6 Å². The predicted molar refractivity (Wildman–Crippen MR) is 101 cm³/mol. The third-order valence-corrected chi connectivity index (χ3v) is 4.42. The molecular weight excluding hydrogens is 348 g/mol. The van der Waals surface area contributed by atoms with Crippen LogP contribution >= 0.6 is 0 Å². The summed E-state index contributed by atoms with van der Waals surface area (Å²) in [6, 6.07) is 9.15. The van der Waals surface area contributed by atoms with E-state index in [-0.39, 0.29) is 23.6 Å². The first-order chi connectivity index (χ1) is 13.0. The van der Waals surface area contributed by atoms with Crippen LogP contribution in [0.2, 0.25) is 0 Å². The molecule has 3 aromatic heterocycles. The molecule has 4 rings (SSSR count). The Morgan fingerprint density at radius 2 is 1.93 bits per heavy atom. The smallest absolute Gasteiger partial charge is 0.325 e. The van der Waals surface area contributed by atoms with Gasteiger partial charge in [-0.05, 0) is 24.3 Å². The Morgan fingerprint density at radius 1 is 1.11 bits per heavy atom. The van der Waals surface area contributed by atoms with Crippen LogP contribution in [0.1, 0.15) is 0 Å². The summed E-state index contributed by atoms with van der Waals surface area (Å²) in [5.41, 5.74) is 0.957. The average molecular weight is 364 g/mol. The highest BCUT2D eigenvalue weighted by molar-refractivity contribution is 5.94. The third kappa shape index (κ3) is 2.78. The molecule has 3 heterocycles. The molecule has 4 aromatic rings. The van der Waals surface area contributed by atoms with Crippen LogP contribution in [0.15, 0.2) is 52.4 Å². The first-order valence-corrected chi connectivity index (χ1v) is 8.21. The number of imidazole rings is 1. The molecule has 0 radical (unpaired) electrons. The zero-order valence-corrected chi connectivity index (χ0v) is 14.7. The van der Waals surface area contributed by atoms with Crippen molar-refractivity contribution < 1.29 is 4.79 Å². The lowest BCUT2D eigenvalue weighted by Gasteiger charge is -2.08. The Kier molecular flexibility index (Phi) is 3.84. The van der Waals surface area contributed by atoms with Crippen molar-refractivity contribution in [2.75, 3.05) is 5.32 Å². The molecule has 0 saturated heterocycles. The lowest BCUT2D eigenvalue weighted by molar-refractivity contribution is -0.116. The summed E-state index contributed by atoms with van der Waals surface area (Å²) in [6.07, 6.45) is 3.09. The molecule has 0 spiro atoms. The lowest BCUT2D eigenvalue weighted by Crippen LogP contribution is -2.37. The summed E-state index contributed by atoms with van der Waals surface area (Å²) < 4.78 is 3.71. The maximum absolute atomic E-state index is 12.5. The molecule has 0 saturated carbocycles. The van der Waals surface area contributed by atoms with Gasteiger partial charge in [0.05, 0.1) is 11.8 Å². The standard InChI is InChI=1S/C18H16N6O3/c1-22-16-15(17(26)23(2)18(22)27)24(10-20-16)9-14(25)21-12-5-6-13-11(8-12)4-3-7-19-13/h3-8,10H,9H2,1-2H3,(H,21,25). The summed E-state index contributed by atoms with van der Waals surface area (Å²) in [5, 5.41) is 3.71. The van der Waals surface area contributed by atoms with E-state index in [0.717, 1.165) is 15.5 Å². The van der Waals surface area contributed by atoms with E-state index in [1.807, 2.05) is 24.3 Å². The number of hydrogen-bond acceptors (Lipinski definition) is 5. The number of aryl methyl sites for hydroxylation is 1. The van der Waals surface area contributed by atoms with Crippen molar-refractivity contribution in [3.8, 4) is 0 Å². The van der Waals surface area contributed by atoms with E-state index >= 15 is 0 Å². The monoisotopic (exact) mass is 364 g/mol. The SMILES string of the molecule is Cn1c(=O)c2c(ncn2CC(=O)Nc2ccc3ncccc3c2)n(C)c1=O. The lowest BCUT2D eigenvalue weighted by atomic mass is 10.2. The minimum atomic E-state index is -0.491. The normalized spacial score (nSPS) is 11.2. The molecule has 1 N–H and O–H groups in total. The van der Waals surface area contributed by atoms with E-state index in [2.05, 4.69) is 15.3 Å². The molecule has 0 aliphatic carbocycles. The molecule has 0 aliphatic rings. The highest BCUT2D eigenvalue weighted by Gasteiger charge is 2.16. The number of benzene rings is 1. The van der Waals surface area contributed by atoms with Crippen molar-refractivity contribution in [3.63, 3.8) is 0 Å². The van der Waals surface area contributed by atoms with Gasteiger partial charge in [-0.2, -0.15) is 0 Å². The van der Waals surface area contributed by atoms with Gasteiger partial charge < -0.3 is 9.88 Å². The molecule has 9 heteroatoms. The fraction of sp³-hybridized carbons (Fsp3) is 0.167. The molecule has 27 heavy (non-hydrogen) atoms. The quantitative estimate of drug-likeness (QED) is 0.574. The number of fused-ring (bicyclic) bond motifs is 2. The van der Waals surface area contributed by atoms with E-state index in [1.165, 1.54) is 29.6 Å². The van der Waals surface area contributed by atoms with Crippen LogP contribution in [0.25, 0.3) is 22.1 Å². The van der Waals surface area contributed by atoms with Crippen molar-refractivity contribution in [3.05, 3.63) is 63.7 Å². The molecule has 0 unspecified atom stereocenters. The largest absolute Gasteiger partial charge is 0.332 e. The van der Waals surface area contributed by atoms with Crippen molar-refractivity contribution in [2.45, 2.75) is 6.54 Å². The van der Waals surface area contributed by atoms with Crippen molar-refractivity contribution in [2.24, 2.45) is 14.1 Å². The fourth-order valence-corrected chi connectivity index (χ4v) is 3.03. The van der Waals surface area contributed by atoms with E-state index in [1.54, 1.807) is 12.3 Å². The van der Waals surface area contributed by atoms with Gasteiger partial charge in [-0.1, -0.05) is 6.07 Å². The first-order valence-electron chi connectivity index (χ1n) is 8.21. The minimum Gasteiger partial charge on any atom is -0.325 e. The highest BCUT2D eigenvalue weighted by atomic mass is 16.2. The maximum atomic E-state index is 12.5. The van der Waals surface area contributed by atoms with Gasteiger partial charge in [0.1, 0.15) is 6.54 Å². The van der Waals surface area contributed by atoms with Gasteiger partial charge in [-0.3, -0.25) is 23.7 Å². The van der Waals surface area contributed by atoms with Crippen molar-refractivity contribution in [1.29, 1.82) is 0 Å². The van der Waals surface area contributed by atoms with Gasteiger partial charge >= 0.3 is 5.69 Å². The van der Waals surface area contributed by atoms with Gasteiger partial charge in [-0.15, -0.1) is 0 Å². The Morgan fingerprint density at radius 3 is 2.74 bits per heavy atom. The zero-order valence-electron chi connectivity index (χ0n) is 14.7. The predicted octanol–water partition coefficient (Wildman–Crippen LogP) is 0.621. The van der Waals surface area contributed by atoms with Crippen LogP contribution in [0, 0.1) is 0 Å². The summed E-state index contributed by atoms with van der Waals surface area (Å²) in [4.78, 5) is 45.2. The van der Waals surface area contributed by atoms with Gasteiger partial charge in [0.25, 0.3) is 5.56 Å². The number of pyridine rings is 1. The number of hydrogen-bond donors (Lipinski definition) is 1. The van der Waals surface area contributed by atoms with Crippen molar-refractivity contribution in [1.82, 2.24) is 23.7 Å². The maximum Gasteiger partial charge on any atom is 0.332 e. The summed E-state index contributed by atoms with van der Waals surface area (Å²) in [6.45, 7) is -0.102. The second-order valence-corrected chi connectivity index (χ2v) is 6.21. The topological polar surface area (TPSA) is 104 Å². The minimum absolute atomic E-state index is 0.102. The van der Waals surface area contributed by atoms with E-state index in [4.69, 9.17) is 0 Å². The van der Waals surface area contributed by atoms with Crippen LogP contribution in [-0.4, -0.2) is 29.6 Å². The second-order valence-electron chi connectivity index (χ2n) is 6.21. The Bertz CT molecular complexity index is 1310. The number of aromatic nitrogens is 5. The molecule has 0 atom stereocenters. The van der Waals surface area contributed by atoms with Gasteiger partial charge in [0.2, 0.25) is 5.91 Å². The number of carbonyl (C=O) groups is 1. The summed E-state index contributed by atoms with van der Waals surface area (Å²) in [7, 11) is 2.93. The molecule has 0 fully saturated rings. The first kappa shape index (κ1) is 16.7. The van der Waals surface area contributed by atoms with Gasteiger partial charge in [0.15, 0.2) is 11.2 Å². The number of nitrogens with zero attached hydrogens (tertiary/aromatic N) is 5. The second kappa shape index (κ2) is 6.20. The van der Waals surface area contributed by atoms with Crippen molar-refractivity contribution >= 4 is 33.7 Å². The molecular formula is C18H16N6O3.